The smallest absolute Gasteiger partial charge is 0.118 e. The predicted octanol–water partition coefficient (Wildman–Crippen LogP) is 1.38. The molecule has 3 nitrogen and oxygen atoms in total. The van der Waals surface area contributed by atoms with Crippen LogP contribution in [0.15, 0.2) is 0 Å². The van der Waals surface area contributed by atoms with Crippen molar-refractivity contribution in [3.63, 3.8) is 0 Å². The summed E-state index contributed by atoms with van der Waals surface area (Å²) in [4.78, 5) is 0. The van der Waals surface area contributed by atoms with E-state index < -0.39 is 0 Å². The first-order valence-corrected chi connectivity index (χ1v) is 5.71. The van der Waals surface area contributed by atoms with Gasteiger partial charge < -0.3 is 5.73 Å². The summed E-state index contributed by atoms with van der Waals surface area (Å²) < 4.78 is 0. The monoisotopic (exact) mass is 197 g/mol. The van der Waals surface area contributed by atoms with Gasteiger partial charge in [-0.1, -0.05) is 19.3 Å². The van der Waals surface area contributed by atoms with Crippen molar-refractivity contribution in [2.45, 2.75) is 32.1 Å². The summed E-state index contributed by atoms with van der Waals surface area (Å²) in [5.74, 6) is 0.888. The van der Waals surface area contributed by atoms with Gasteiger partial charge in [0.15, 0.2) is 0 Å². The Morgan fingerprint density at radius 2 is 2.08 bits per heavy atom. The van der Waals surface area contributed by atoms with Crippen molar-refractivity contribution in [3.8, 4) is 0 Å². The molecule has 1 heterocycles. The minimum absolute atomic E-state index is 0.679. The third kappa shape index (κ3) is 2.25. The largest absolute Gasteiger partial charge is 0.330 e. The molecule has 0 atom stereocenters. The third-order valence-corrected chi connectivity index (χ3v) is 3.56. The first-order chi connectivity index (χ1) is 6.38. The van der Waals surface area contributed by atoms with E-state index in [2.05, 4.69) is 10.2 Å². The summed E-state index contributed by atoms with van der Waals surface area (Å²) in [5, 5.41) is 10.6. The van der Waals surface area contributed by atoms with E-state index in [0.717, 1.165) is 23.8 Å². The molecule has 0 saturated heterocycles. The zero-order valence-electron chi connectivity index (χ0n) is 7.70. The molecule has 1 aliphatic rings. The second-order valence-electron chi connectivity index (χ2n) is 3.63. The topological polar surface area (TPSA) is 51.8 Å². The van der Waals surface area contributed by atoms with E-state index in [0.29, 0.717) is 6.54 Å². The minimum atomic E-state index is 0.679. The van der Waals surface area contributed by atoms with Crippen LogP contribution < -0.4 is 5.73 Å². The zero-order chi connectivity index (χ0) is 9.10. The molecule has 0 aliphatic heterocycles. The minimum Gasteiger partial charge on any atom is -0.330 e. The number of hydrogen-bond acceptors (Lipinski definition) is 4. The Balaban J connectivity index is 1.88. The first-order valence-electron chi connectivity index (χ1n) is 4.90. The van der Waals surface area contributed by atoms with Crippen LogP contribution in [0.2, 0.25) is 0 Å². The molecule has 0 spiro atoms. The molecule has 0 bridgehead atoms. The maximum atomic E-state index is 5.45. The molecule has 0 radical (unpaired) electrons. The van der Waals surface area contributed by atoms with Crippen LogP contribution in [0.3, 0.4) is 0 Å². The van der Waals surface area contributed by atoms with E-state index in [9.17, 15) is 0 Å². The Bertz CT molecular complexity index is 268. The Hall–Kier alpha value is -0.480. The highest BCUT2D eigenvalue weighted by Gasteiger charge is 2.19. The van der Waals surface area contributed by atoms with Gasteiger partial charge in [0, 0.05) is 12.8 Å². The van der Waals surface area contributed by atoms with E-state index in [1.807, 2.05) is 0 Å². The Morgan fingerprint density at radius 3 is 2.69 bits per heavy atom. The highest BCUT2D eigenvalue weighted by atomic mass is 32.1. The van der Waals surface area contributed by atoms with Crippen molar-refractivity contribution in [1.29, 1.82) is 0 Å². The van der Waals surface area contributed by atoms with Crippen LogP contribution in [-0.4, -0.2) is 16.7 Å². The number of aromatic nitrogens is 2. The molecule has 1 aliphatic carbocycles. The van der Waals surface area contributed by atoms with Crippen molar-refractivity contribution in [2.24, 2.45) is 11.7 Å². The molecule has 0 aromatic carbocycles. The van der Waals surface area contributed by atoms with Crippen LogP contribution in [0.25, 0.3) is 0 Å². The fraction of sp³-hybridized carbons (Fsp3) is 0.778. The average Bonchev–Trinajstić information content (AvgIpc) is 2.46. The highest BCUT2D eigenvalue weighted by Crippen LogP contribution is 2.30. The highest BCUT2D eigenvalue weighted by molar-refractivity contribution is 7.11. The predicted molar refractivity (Wildman–Crippen MR) is 53.7 cm³/mol. The van der Waals surface area contributed by atoms with Gasteiger partial charge in [-0.2, -0.15) is 0 Å². The molecule has 72 valence electrons. The molecule has 0 amide bonds. The van der Waals surface area contributed by atoms with Gasteiger partial charge in [0.1, 0.15) is 10.0 Å². The Morgan fingerprint density at radius 1 is 1.31 bits per heavy atom. The van der Waals surface area contributed by atoms with Crippen molar-refractivity contribution in [2.75, 3.05) is 6.54 Å². The average molecular weight is 197 g/mol. The lowest BCUT2D eigenvalue weighted by Crippen LogP contribution is -2.13. The summed E-state index contributed by atoms with van der Waals surface area (Å²) in [6, 6.07) is 0. The molecule has 2 N–H and O–H groups in total. The fourth-order valence-electron chi connectivity index (χ4n) is 1.54. The lowest BCUT2D eigenvalue weighted by molar-refractivity contribution is 0.313. The maximum Gasteiger partial charge on any atom is 0.118 e. The summed E-state index contributed by atoms with van der Waals surface area (Å²) >= 11 is 1.73. The number of nitrogens with two attached hydrogens (primary N) is 1. The number of nitrogens with zero attached hydrogens (tertiary/aromatic N) is 2. The van der Waals surface area contributed by atoms with Crippen LogP contribution in [-0.2, 0) is 12.8 Å². The molecular formula is C9H15N3S. The standard InChI is InChI=1S/C9H15N3S/c10-5-4-8-11-12-9(13-8)6-7-2-1-3-7/h7H,1-6,10H2. The Kier molecular flexibility index (Phi) is 2.90. The summed E-state index contributed by atoms with van der Waals surface area (Å²) in [7, 11) is 0. The van der Waals surface area contributed by atoms with Crippen LogP contribution in [0.4, 0.5) is 0 Å². The van der Waals surface area contributed by atoms with E-state index in [1.54, 1.807) is 11.3 Å². The molecule has 4 heteroatoms. The van der Waals surface area contributed by atoms with Crippen molar-refractivity contribution >= 4 is 11.3 Å². The third-order valence-electron chi connectivity index (χ3n) is 2.55. The zero-order valence-corrected chi connectivity index (χ0v) is 8.52. The van der Waals surface area contributed by atoms with Gasteiger partial charge in [0.25, 0.3) is 0 Å². The van der Waals surface area contributed by atoms with Crippen molar-refractivity contribution in [3.05, 3.63) is 10.0 Å². The summed E-state index contributed by atoms with van der Waals surface area (Å²) in [5.41, 5.74) is 5.45. The van der Waals surface area contributed by atoms with Gasteiger partial charge in [-0.3, -0.25) is 0 Å². The molecule has 1 aromatic rings. The van der Waals surface area contributed by atoms with E-state index in [1.165, 1.54) is 24.3 Å². The van der Waals surface area contributed by atoms with E-state index >= 15 is 0 Å². The summed E-state index contributed by atoms with van der Waals surface area (Å²) in [6.45, 7) is 0.679. The molecule has 1 aromatic heterocycles. The SMILES string of the molecule is NCCc1nnc(CC2CCC2)s1. The van der Waals surface area contributed by atoms with E-state index in [-0.39, 0.29) is 0 Å². The Labute approximate surface area is 82.4 Å². The van der Waals surface area contributed by atoms with Gasteiger partial charge in [-0.05, 0) is 12.5 Å². The van der Waals surface area contributed by atoms with Crippen LogP contribution in [0.1, 0.15) is 29.3 Å². The molecule has 2 rings (SSSR count). The lowest BCUT2D eigenvalue weighted by atomic mass is 9.83. The second kappa shape index (κ2) is 4.15. The van der Waals surface area contributed by atoms with Gasteiger partial charge in [-0.15, -0.1) is 21.5 Å². The molecular weight excluding hydrogens is 182 g/mol. The van der Waals surface area contributed by atoms with Gasteiger partial charge in [0.2, 0.25) is 0 Å². The summed E-state index contributed by atoms with van der Waals surface area (Å²) in [6.07, 6.45) is 6.18. The van der Waals surface area contributed by atoms with Crippen molar-refractivity contribution < 1.29 is 0 Å². The molecule has 1 fully saturated rings. The van der Waals surface area contributed by atoms with Crippen molar-refractivity contribution in [1.82, 2.24) is 10.2 Å². The molecule has 13 heavy (non-hydrogen) atoms. The van der Waals surface area contributed by atoms with Crippen LogP contribution >= 0.6 is 11.3 Å². The maximum absolute atomic E-state index is 5.45. The van der Waals surface area contributed by atoms with Crippen LogP contribution in [0, 0.1) is 5.92 Å². The van der Waals surface area contributed by atoms with E-state index in [4.69, 9.17) is 5.73 Å². The lowest BCUT2D eigenvalue weighted by Gasteiger charge is -2.23. The van der Waals surface area contributed by atoms with Gasteiger partial charge in [-0.25, -0.2) is 0 Å². The molecule has 0 unspecified atom stereocenters. The van der Waals surface area contributed by atoms with Crippen LogP contribution in [0.5, 0.6) is 0 Å². The van der Waals surface area contributed by atoms with Gasteiger partial charge in [0.05, 0.1) is 0 Å². The fourth-order valence-corrected chi connectivity index (χ4v) is 2.51. The number of rotatable bonds is 4. The quantitative estimate of drug-likeness (QED) is 0.793. The normalized spacial score (nSPS) is 17.3. The van der Waals surface area contributed by atoms with Gasteiger partial charge >= 0.3 is 0 Å². The second-order valence-corrected chi connectivity index (χ2v) is 4.78. The first kappa shape index (κ1) is 9.09. The number of hydrogen-bond donors (Lipinski definition) is 1. The molecule has 1 saturated carbocycles.